The first-order valence-corrected chi connectivity index (χ1v) is 12.4. The number of nitrogens with zero attached hydrogens (tertiary/aromatic N) is 3. The molecule has 7 nitrogen and oxygen atoms in total. The van der Waals surface area contributed by atoms with E-state index in [4.69, 9.17) is 9.47 Å². The number of hydrogen-bond donors (Lipinski definition) is 1. The first-order chi connectivity index (χ1) is 18.7. The van der Waals surface area contributed by atoms with Crippen LogP contribution in [0.15, 0.2) is 103 Å². The van der Waals surface area contributed by atoms with Gasteiger partial charge in [0, 0.05) is 30.1 Å². The molecule has 5 aromatic rings. The highest BCUT2D eigenvalue weighted by Gasteiger charge is 2.42. The summed E-state index contributed by atoms with van der Waals surface area (Å²) in [5.41, 5.74) is 5.98. The van der Waals surface area contributed by atoms with Gasteiger partial charge in [0.15, 0.2) is 11.5 Å². The molecule has 3 heterocycles. The molecule has 2 aromatic heterocycles. The Morgan fingerprint density at radius 3 is 2.39 bits per heavy atom. The fraction of sp³-hybridized carbons (Fsp3) is 0.129. The second kappa shape index (κ2) is 10.2. The number of fused-ring (bicyclic) bond motifs is 1. The van der Waals surface area contributed by atoms with Crippen molar-refractivity contribution in [3.63, 3.8) is 0 Å². The van der Waals surface area contributed by atoms with Crippen molar-refractivity contribution in [3.05, 3.63) is 131 Å². The minimum absolute atomic E-state index is 0.105. The third-order valence-electron chi connectivity index (χ3n) is 6.73. The number of H-pyrrole nitrogens is 1. The zero-order valence-electron chi connectivity index (χ0n) is 20.9. The molecule has 1 atom stereocenters. The molecule has 0 bridgehead atoms. The third kappa shape index (κ3) is 4.39. The fourth-order valence-corrected chi connectivity index (χ4v) is 4.92. The molecule has 7 heteroatoms. The molecular formula is C31H26N4O3. The molecule has 0 fully saturated rings. The van der Waals surface area contributed by atoms with E-state index in [1.807, 2.05) is 95.9 Å². The molecule has 1 amide bonds. The maximum absolute atomic E-state index is 13.7. The maximum atomic E-state index is 13.7. The van der Waals surface area contributed by atoms with Crippen molar-refractivity contribution < 1.29 is 14.3 Å². The number of carbonyl (C=O) groups excluding carboxylic acids is 1. The van der Waals surface area contributed by atoms with Gasteiger partial charge >= 0.3 is 0 Å². The fourth-order valence-electron chi connectivity index (χ4n) is 4.92. The van der Waals surface area contributed by atoms with E-state index in [1.54, 1.807) is 19.5 Å². The lowest BCUT2D eigenvalue weighted by molar-refractivity contribution is 0.0729. The number of methoxy groups -OCH3 is 1. The third-order valence-corrected chi connectivity index (χ3v) is 6.73. The van der Waals surface area contributed by atoms with Gasteiger partial charge in [0.05, 0.1) is 18.8 Å². The number of pyridine rings is 1. The summed E-state index contributed by atoms with van der Waals surface area (Å²) < 4.78 is 11.8. The lowest BCUT2D eigenvalue weighted by Crippen LogP contribution is -2.29. The predicted molar refractivity (Wildman–Crippen MR) is 144 cm³/mol. The van der Waals surface area contributed by atoms with Crippen molar-refractivity contribution in [2.24, 2.45) is 0 Å². The van der Waals surface area contributed by atoms with Crippen molar-refractivity contribution in [2.75, 3.05) is 7.11 Å². The number of aromatic amines is 1. The summed E-state index contributed by atoms with van der Waals surface area (Å²) >= 11 is 0. The van der Waals surface area contributed by atoms with Crippen LogP contribution in [0.4, 0.5) is 0 Å². The van der Waals surface area contributed by atoms with Gasteiger partial charge < -0.3 is 14.4 Å². The van der Waals surface area contributed by atoms with Gasteiger partial charge in [-0.25, -0.2) is 0 Å². The van der Waals surface area contributed by atoms with Crippen LogP contribution in [0.1, 0.15) is 38.8 Å². The van der Waals surface area contributed by atoms with E-state index in [0.29, 0.717) is 30.3 Å². The Balaban J connectivity index is 1.41. The van der Waals surface area contributed by atoms with Crippen LogP contribution in [0, 0.1) is 0 Å². The van der Waals surface area contributed by atoms with E-state index in [2.05, 4.69) is 15.2 Å². The topological polar surface area (TPSA) is 80.3 Å². The van der Waals surface area contributed by atoms with Crippen molar-refractivity contribution in [3.8, 4) is 22.8 Å². The molecular weight excluding hydrogens is 476 g/mol. The van der Waals surface area contributed by atoms with Crippen LogP contribution in [-0.4, -0.2) is 33.1 Å². The Morgan fingerprint density at radius 1 is 0.895 bits per heavy atom. The van der Waals surface area contributed by atoms with Crippen LogP contribution in [0.3, 0.4) is 0 Å². The average molecular weight is 503 g/mol. The molecule has 0 spiro atoms. The van der Waals surface area contributed by atoms with E-state index in [-0.39, 0.29) is 11.9 Å². The molecule has 6 rings (SSSR count). The predicted octanol–water partition coefficient (Wildman–Crippen LogP) is 5.80. The highest BCUT2D eigenvalue weighted by molar-refractivity contribution is 6.00. The number of rotatable bonds is 8. The van der Waals surface area contributed by atoms with E-state index in [1.165, 1.54) is 0 Å². The summed E-state index contributed by atoms with van der Waals surface area (Å²) in [5, 5.41) is 7.57. The highest BCUT2D eigenvalue weighted by Crippen LogP contribution is 2.45. The van der Waals surface area contributed by atoms with Crippen LogP contribution in [0.5, 0.6) is 11.5 Å². The van der Waals surface area contributed by atoms with Gasteiger partial charge in [-0.2, -0.15) is 5.10 Å². The number of benzene rings is 3. The summed E-state index contributed by atoms with van der Waals surface area (Å²) in [4.78, 5) is 19.8. The molecule has 0 radical (unpaired) electrons. The summed E-state index contributed by atoms with van der Waals surface area (Å²) in [6.45, 7) is 0.832. The second-order valence-corrected chi connectivity index (χ2v) is 9.11. The first kappa shape index (κ1) is 23.5. The second-order valence-electron chi connectivity index (χ2n) is 9.11. The average Bonchev–Trinajstić information content (AvgIpc) is 3.52. The molecule has 0 saturated heterocycles. The Labute approximate surface area is 220 Å². The van der Waals surface area contributed by atoms with Gasteiger partial charge in [0.1, 0.15) is 12.3 Å². The highest BCUT2D eigenvalue weighted by atomic mass is 16.5. The quantitative estimate of drug-likeness (QED) is 0.290. The van der Waals surface area contributed by atoms with Crippen LogP contribution >= 0.6 is 0 Å². The van der Waals surface area contributed by atoms with Crippen LogP contribution < -0.4 is 9.47 Å². The molecule has 0 aliphatic carbocycles. The lowest BCUT2D eigenvalue weighted by atomic mass is 9.95. The molecule has 0 saturated carbocycles. The van der Waals surface area contributed by atoms with Crippen LogP contribution in [0.2, 0.25) is 0 Å². The Kier molecular flexibility index (Phi) is 6.32. The van der Waals surface area contributed by atoms with Crippen molar-refractivity contribution in [1.29, 1.82) is 0 Å². The summed E-state index contributed by atoms with van der Waals surface area (Å²) in [6, 6.07) is 29.2. The minimum atomic E-state index is -0.372. The van der Waals surface area contributed by atoms with Gasteiger partial charge in [0.25, 0.3) is 5.91 Å². The molecule has 1 aliphatic rings. The number of carbonyl (C=O) groups is 1. The van der Waals surface area contributed by atoms with Crippen molar-refractivity contribution in [1.82, 2.24) is 20.1 Å². The largest absolute Gasteiger partial charge is 0.493 e. The molecule has 188 valence electrons. The molecule has 38 heavy (non-hydrogen) atoms. The Bertz CT molecular complexity index is 1550. The van der Waals surface area contributed by atoms with Crippen LogP contribution in [-0.2, 0) is 13.2 Å². The summed E-state index contributed by atoms with van der Waals surface area (Å²) in [6.07, 6.45) is 3.51. The SMILES string of the molecule is COc1cc(C2c3c(-c4ccccc4)n[nH]c3C(=O)N2Cc2cccnc2)ccc1OCc1ccccc1. The van der Waals surface area contributed by atoms with E-state index < -0.39 is 0 Å². The number of amides is 1. The van der Waals surface area contributed by atoms with Gasteiger partial charge in [-0.05, 0) is 34.9 Å². The molecule has 1 unspecified atom stereocenters. The van der Waals surface area contributed by atoms with E-state index in [0.717, 1.165) is 33.5 Å². The zero-order valence-corrected chi connectivity index (χ0v) is 20.9. The number of aromatic nitrogens is 3. The number of ether oxygens (including phenoxy) is 2. The van der Waals surface area contributed by atoms with Gasteiger partial charge in [-0.3, -0.25) is 14.9 Å². The summed E-state index contributed by atoms with van der Waals surface area (Å²) in [5.74, 6) is 1.14. The smallest absolute Gasteiger partial charge is 0.273 e. The molecule has 3 aromatic carbocycles. The summed E-state index contributed by atoms with van der Waals surface area (Å²) in [7, 11) is 1.63. The van der Waals surface area contributed by atoms with E-state index >= 15 is 0 Å². The normalized spacial score (nSPS) is 14.4. The van der Waals surface area contributed by atoms with Crippen molar-refractivity contribution in [2.45, 2.75) is 19.2 Å². The molecule has 1 aliphatic heterocycles. The standard InChI is InChI=1S/C31H26N4O3/c1-37-26-17-24(14-15-25(26)38-20-21-9-4-2-5-10-21)30-27-28(23-12-6-3-7-13-23)33-34-29(27)31(36)35(30)19-22-11-8-16-32-18-22/h2-18,30H,19-20H2,1H3,(H,33,34). The monoisotopic (exact) mass is 502 g/mol. The first-order valence-electron chi connectivity index (χ1n) is 12.4. The lowest BCUT2D eigenvalue weighted by Gasteiger charge is -2.27. The number of nitrogens with one attached hydrogen (secondary N) is 1. The van der Waals surface area contributed by atoms with Gasteiger partial charge in [-0.1, -0.05) is 72.8 Å². The Morgan fingerprint density at radius 2 is 1.66 bits per heavy atom. The van der Waals surface area contributed by atoms with Crippen molar-refractivity contribution >= 4 is 5.91 Å². The zero-order chi connectivity index (χ0) is 25.9. The van der Waals surface area contributed by atoms with E-state index in [9.17, 15) is 4.79 Å². The number of hydrogen-bond acceptors (Lipinski definition) is 5. The Hall–Kier alpha value is -4.91. The maximum Gasteiger partial charge on any atom is 0.273 e. The molecule has 1 N–H and O–H groups in total. The van der Waals surface area contributed by atoms with Crippen LogP contribution in [0.25, 0.3) is 11.3 Å². The van der Waals surface area contributed by atoms with Gasteiger partial charge in [-0.15, -0.1) is 0 Å². The minimum Gasteiger partial charge on any atom is -0.493 e. The van der Waals surface area contributed by atoms with Gasteiger partial charge in [0.2, 0.25) is 0 Å².